The number of Topliss-reactive ketones (excluding diaryl/α,β-unsaturated/α-hetero) is 1. The maximum absolute atomic E-state index is 11.5. The van der Waals surface area contributed by atoms with Gasteiger partial charge < -0.3 is 5.11 Å². The van der Waals surface area contributed by atoms with Crippen LogP contribution >= 0.6 is 0 Å². The Morgan fingerprint density at radius 2 is 1.39 bits per heavy atom. The zero-order valence-corrected chi connectivity index (χ0v) is 12.2. The number of ketones is 1. The van der Waals surface area contributed by atoms with Gasteiger partial charge in [-0.25, -0.2) is 0 Å². The second kappa shape index (κ2) is 10.5. The Morgan fingerprint density at radius 3 is 1.83 bits per heavy atom. The summed E-state index contributed by atoms with van der Waals surface area (Å²) in [6.07, 6.45) is 11.7. The Labute approximate surface area is 112 Å². The molecule has 3 N–H and O–H groups in total. The minimum atomic E-state index is -1.60. The summed E-state index contributed by atoms with van der Waals surface area (Å²) >= 11 is 0. The van der Waals surface area contributed by atoms with E-state index in [9.17, 15) is 9.90 Å². The van der Waals surface area contributed by atoms with Gasteiger partial charge >= 0.3 is 0 Å². The van der Waals surface area contributed by atoms with Crippen molar-refractivity contribution in [2.24, 2.45) is 5.73 Å². The van der Waals surface area contributed by atoms with Gasteiger partial charge in [-0.1, -0.05) is 65.2 Å². The van der Waals surface area contributed by atoms with Crippen molar-refractivity contribution in [3.63, 3.8) is 0 Å². The van der Waals surface area contributed by atoms with E-state index in [0.29, 0.717) is 12.8 Å². The molecule has 0 aliphatic rings. The third kappa shape index (κ3) is 8.65. The molecular formula is C15H31NO2. The van der Waals surface area contributed by atoms with Crippen molar-refractivity contribution in [1.82, 2.24) is 0 Å². The maximum Gasteiger partial charge on any atom is 0.179 e. The third-order valence-electron chi connectivity index (χ3n) is 3.53. The number of carbonyl (C=O) groups is 1. The maximum atomic E-state index is 11.5. The highest BCUT2D eigenvalue weighted by atomic mass is 16.3. The fourth-order valence-electron chi connectivity index (χ4n) is 2.01. The second-order valence-corrected chi connectivity index (χ2v) is 5.28. The van der Waals surface area contributed by atoms with Crippen LogP contribution in [0.25, 0.3) is 0 Å². The monoisotopic (exact) mass is 257 g/mol. The van der Waals surface area contributed by atoms with Gasteiger partial charge in [0, 0.05) is 6.42 Å². The van der Waals surface area contributed by atoms with Crippen LogP contribution in [0.4, 0.5) is 0 Å². The highest BCUT2D eigenvalue weighted by Gasteiger charge is 2.27. The van der Waals surface area contributed by atoms with Gasteiger partial charge in [0.05, 0.1) is 0 Å². The standard InChI is InChI=1S/C15H31NO2/c1-3-5-6-7-8-9-10-11-12-13-14(17)15(16,18)4-2/h18H,3-13,16H2,1-2H3. The van der Waals surface area contributed by atoms with Crippen molar-refractivity contribution in [1.29, 1.82) is 0 Å². The fraction of sp³-hybridized carbons (Fsp3) is 0.933. The van der Waals surface area contributed by atoms with E-state index in [0.717, 1.165) is 12.8 Å². The van der Waals surface area contributed by atoms with E-state index < -0.39 is 5.72 Å². The molecule has 0 amide bonds. The van der Waals surface area contributed by atoms with Gasteiger partial charge in [-0.15, -0.1) is 0 Å². The Morgan fingerprint density at radius 1 is 0.944 bits per heavy atom. The highest BCUT2D eigenvalue weighted by Crippen LogP contribution is 2.13. The van der Waals surface area contributed by atoms with E-state index in [4.69, 9.17) is 5.73 Å². The van der Waals surface area contributed by atoms with Crippen LogP contribution in [0.3, 0.4) is 0 Å². The van der Waals surface area contributed by atoms with Gasteiger partial charge in [-0.3, -0.25) is 10.5 Å². The molecule has 0 saturated carbocycles. The molecule has 0 radical (unpaired) electrons. The van der Waals surface area contributed by atoms with Crippen LogP contribution < -0.4 is 5.73 Å². The summed E-state index contributed by atoms with van der Waals surface area (Å²) in [6, 6.07) is 0. The SMILES string of the molecule is CCCCCCCCCCCC(=O)C(N)(O)CC. The third-order valence-corrected chi connectivity index (χ3v) is 3.53. The molecule has 0 saturated heterocycles. The van der Waals surface area contributed by atoms with Crippen molar-refractivity contribution >= 4 is 5.78 Å². The van der Waals surface area contributed by atoms with E-state index in [-0.39, 0.29) is 5.78 Å². The van der Waals surface area contributed by atoms with E-state index in [1.807, 2.05) is 0 Å². The molecule has 3 heteroatoms. The second-order valence-electron chi connectivity index (χ2n) is 5.28. The van der Waals surface area contributed by atoms with Crippen molar-refractivity contribution in [2.45, 2.75) is 90.2 Å². The number of unbranched alkanes of at least 4 members (excludes halogenated alkanes) is 8. The number of hydrogen-bond acceptors (Lipinski definition) is 3. The van der Waals surface area contributed by atoms with Crippen LogP contribution in [0.15, 0.2) is 0 Å². The van der Waals surface area contributed by atoms with Gasteiger partial charge in [0.1, 0.15) is 0 Å². The predicted molar refractivity (Wildman–Crippen MR) is 76.3 cm³/mol. The summed E-state index contributed by atoms with van der Waals surface area (Å²) in [5, 5.41) is 9.54. The molecule has 0 heterocycles. The number of rotatable bonds is 12. The van der Waals surface area contributed by atoms with Gasteiger partial charge in [-0.2, -0.15) is 0 Å². The summed E-state index contributed by atoms with van der Waals surface area (Å²) in [4.78, 5) is 11.5. The summed E-state index contributed by atoms with van der Waals surface area (Å²) in [5.74, 6) is -0.215. The molecule has 3 nitrogen and oxygen atoms in total. The molecule has 0 fully saturated rings. The zero-order chi connectivity index (χ0) is 13.9. The Hall–Kier alpha value is -0.410. The molecule has 18 heavy (non-hydrogen) atoms. The predicted octanol–water partition coefficient (Wildman–Crippen LogP) is 3.53. The Balaban J connectivity index is 3.33. The fourth-order valence-corrected chi connectivity index (χ4v) is 2.01. The largest absolute Gasteiger partial charge is 0.369 e. The van der Waals surface area contributed by atoms with Crippen LogP contribution in [0.1, 0.15) is 84.5 Å². The van der Waals surface area contributed by atoms with Crippen LogP contribution in [0.5, 0.6) is 0 Å². The smallest absolute Gasteiger partial charge is 0.179 e. The number of carbonyl (C=O) groups excluding carboxylic acids is 1. The Bertz CT molecular complexity index is 215. The summed E-state index contributed by atoms with van der Waals surface area (Å²) in [6.45, 7) is 3.96. The average molecular weight is 257 g/mol. The molecular weight excluding hydrogens is 226 g/mol. The lowest BCUT2D eigenvalue weighted by molar-refractivity contribution is -0.137. The average Bonchev–Trinajstić information content (AvgIpc) is 2.36. The van der Waals surface area contributed by atoms with E-state index in [1.165, 1.54) is 44.9 Å². The van der Waals surface area contributed by atoms with Crippen LogP contribution in [-0.2, 0) is 4.79 Å². The van der Waals surface area contributed by atoms with Crippen molar-refractivity contribution in [3.8, 4) is 0 Å². The molecule has 0 spiro atoms. The number of aliphatic hydroxyl groups is 1. The molecule has 0 aliphatic carbocycles. The molecule has 0 aliphatic heterocycles. The summed E-state index contributed by atoms with van der Waals surface area (Å²) in [7, 11) is 0. The molecule has 0 bridgehead atoms. The topological polar surface area (TPSA) is 63.3 Å². The van der Waals surface area contributed by atoms with Crippen LogP contribution in [0, 0.1) is 0 Å². The van der Waals surface area contributed by atoms with Gasteiger partial charge in [0.25, 0.3) is 0 Å². The first-order valence-corrected chi connectivity index (χ1v) is 7.59. The number of nitrogens with two attached hydrogens (primary N) is 1. The quantitative estimate of drug-likeness (QED) is 0.415. The normalized spacial score (nSPS) is 14.4. The van der Waals surface area contributed by atoms with Crippen molar-refractivity contribution in [3.05, 3.63) is 0 Å². The lowest BCUT2D eigenvalue weighted by Gasteiger charge is -2.19. The molecule has 108 valence electrons. The van der Waals surface area contributed by atoms with Crippen LogP contribution in [-0.4, -0.2) is 16.6 Å². The van der Waals surface area contributed by atoms with Gasteiger partial charge in [0.2, 0.25) is 0 Å². The minimum Gasteiger partial charge on any atom is -0.369 e. The molecule has 0 aromatic heterocycles. The molecule has 0 rings (SSSR count). The van der Waals surface area contributed by atoms with Crippen LogP contribution in [0.2, 0.25) is 0 Å². The first kappa shape index (κ1) is 17.6. The molecule has 1 atom stereocenters. The first-order valence-electron chi connectivity index (χ1n) is 7.59. The summed E-state index contributed by atoms with van der Waals surface area (Å²) in [5.41, 5.74) is 3.88. The van der Waals surface area contributed by atoms with Gasteiger partial charge in [0.15, 0.2) is 11.5 Å². The lowest BCUT2D eigenvalue weighted by Crippen LogP contribution is -2.47. The zero-order valence-electron chi connectivity index (χ0n) is 12.2. The molecule has 0 aromatic rings. The number of hydrogen-bond donors (Lipinski definition) is 2. The van der Waals surface area contributed by atoms with E-state index >= 15 is 0 Å². The van der Waals surface area contributed by atoms with Gasteiger partial charge in [-0.05, 0) is 12.8 Å². The van der Waals surface area contributed by atoms with Crippen molar-refractivity contribution in [2.75, 3.05) is 0 Å². The first-order chi connectivity index (χ1) is 8.54. The lowest BCUT2D eigenvalue weighted by atomic mass is 10.00. The summed E-state index contributed by atoms with van der Waals surface area (Å²) < 4.78 is 0. The van der Waals surface area contributed by atoms with Crippen molar-refractivity contribution < 1.29 is 9.90 Å². The van der Waals surface area contributed by atoms with E-state index in [2.05, 4.69) is 6.92 Å². The molecule has 0 aromatic carbocycles. The highest BCUT2D eigenvalue weighted by molar-refractivity contribution is 5.86. The Kier molecular flexibility index (Phi) is 10.3. The molecule has 1 unspecified atom stereocenters. The van der Waals surface area contributed by atoms with E-state index in [1.54, 1.807) is 6.92 Å². The minimum absolute atomic E-state index is 0.215.